The fourth-order valence-electron chi connectivity index (χ4n) is 2.53. The number of nitrogens with zero attached hydrogens (tertiary/aromatic N) is 2. The van der Waals surface area contributed by atoms with Gasteiger partial charge in [0, 0.05) is 48.8 Å². The molecule has 0 radical (unpaired) electrons. The van der Waals surface area contributed by atoms with Gasteiger partial charge >= 0.3 is 0 Å². The van der Waals surface area contributed by atoms with Gasteiger partial charge in [-0.1, -0.05) is 17.7 Å². The number of hydrogen-bond donors (Lipinski definition) is 2. The van der Waals surface area contributed by atoms with E-state index in [4.69, 9.17) is 5.41 Å². The molecule has 2 N–H and O–H groups in total. The molecule has 0 saturated heterocycles. The second kappa shape index (κ2) is 6.41. The van der Waals surface area contributed by atoms with Crippen molar-refractivity contribution in [3.63, 3.8) is 0 Å². The molecule has 3 aromatic rings. The van der Waals surface area contributed by atoms with Crippen molar-refractivity contribution in [3.8, 4) is 0 Å². The van der Waals surface area contributed by atoms with E-state index in [-0.39, 0.29) is 5.91 Å². The summed E-state index contributed by atoms with van der Waals surface area (Å²) >= 11 is 1.31. The van der Waals surface area contributed by atoms with Gasteiger partial charge in [0.15, 0.2) is 0 Å². The molecule has 3 rings (SSSR count). The van der Waals surface area contributed by atoms with Gasteiger partial charge in [-0.25, -0.2) is 4.98 Å². The van der Waals surface area contributed by atoms with Gasteiger partial charge in [0.2, 0.25) is 0 Å². The second-order valence-electron chi connectivity index (χ2n) is 5.71. The van der Waals surface area contributed by atoms with Crippen molar-refractivity contribution in [1.82, 2.24) is 4.98 Å². The Balaban J connectivity index is 2.05. The van der Waals surface area contributed by atoms with Gasteiger partial charge in [0.05, 0.1) is 0 Å². The first-order valence-electron chi connectivity index (χ1n) is 7.48. The minimum absolute atomic E-state index is 0.218. The Labute approximate surface area is 144 Å². The summed E-state index contributed by atoms with van der Waals surface area (Å²) < 4.78 is 0. The van der Waals surface area contributed by atoms with E-state index < -0.39 is 0 Å². The van der Waals surface area contributed by atoms with Crippen molar-refractivity contribution in [2.24, 2.45) is 0 Å². The lowest BCUT2D eigenvalue weighted by atomic mass is 10.1. The average Bonchev–Trinajstić information content (AvgIpc) is 2.95. The lowest BCUT2D eigenvalue weighted by Gasteiger charge is -2.13. The molecule has 0 unspecified atom stereocenters. The molecular formula is C18H18N4OS. The van der Waals surface area contributed by atoms with Crippen molar-refractivity contribution >= 4 is 45.0 Å². The summed E-state index contributed by atoms with van der Waals surface area (Å²) in [6.07, 6.45) is 2.96. The molecule has 0 atom stereocenters. The highest BCUT2D eigenvalue weighted by molar-refractivity contribution is 7.21. The van der Waals surface area contributed by atoms with Crippen LogP contribution in [0, 0.1) is 12.3 Å². The number of rotatable bonds is 4. The zero-order valence-corrected chi connectivity index (χ0v) is 14.6. The van der Waals surface area contributed by atoms with Crippen molar-refractivity contribution < 1.29 is 4.79 Å². The Morgan fingerprint density at radius 1 is 1.25 bits per heavy atom. The summed E-state index contributed by atoms with van der Waals surface area (Å²) in [5.41, 5.74) is 3.43. The van der Waals surface area contributed by atoms with Gasteiger partial charge in [0.25, 0.3) is 5.91 Å². The molecule has 6 heteroatoms. The van der Waals surface area contributed by atoms with Crippen LogP contribution in [-0.4, -0.2) is 31.2 Å². The lowest BCUT2D eigenvalue weighted by Crippen LogP contribution is -2.13. The lowest BCUT2D eigenvalue weighted by molar-refractivity contribution is 0.103. The number of pyridine rings is 1. The summed E-state index contributed by atoms with van der Waals surface area (Å²) in [6.45, 7) is 2.00. The van der Waals surface area contributed by atoms with Crippen LogP contribution in [0.4, 0.5) is 11.4 Å². The molecule has 0 aliphatic rings. The standard InChI is InChI=1S/C18H18N4OS/c1-11-4-6-12(7-5-11)21-17(23)16-13(10-19)15-14(22(2)3)8-9-20-18(15)24-16/h4-10,19H,1-3H3,(H,21,23). The maximum atomic E-state index is 12.7. The summed E-state index contributed by atoms with van der Waals surface area (Å²) in [4.78, 5) is 20.3. The quantitative estimate of drug-likeness (QED) is 0.708. The maximum Gasteiger partial charge on any atom is 0.266 e. The number of fused-ring (bicyclic) bond motifs is 1. The van der Waals surface area contributed by atoms with E-state index in [0.29, 0.717) is 10.4 Å². The first-order valence-corrected chi connectivity index (χ1v) is 8.30. The second-order valence-corrected chi connectivity index (χ2v) is 6.71. The highest BCUT2D eigenvalue weighted by Gasteiger charge is 2.20. The number of hydrogen-bond acceptors (Lipinski definition) is 5. The van der Waals surface area contributed by atoms with Crippen LogP contribution < -0.4 is 10.2 Å². The molecule has 5 nitrogen and oxygen atoms in total. The molecule has 0 aliphatic carbocycles. The van der Waals surface area contributed by atoms with Gasteiger partial charge in [-0.05, 0) is 25.1 Å². The van der Waals surface area contributed by atoms with Crippen LogP contribution in [0.15, 0.2) is 36.5 Å². The minimum Gasteiger partial charge on any atom is -0.377 e. The van der Waals surface area contributed by atoms with Crippen molar-refractivity contribution in [3.05, 3.63) is 52.5 Å². The fraction of sp³-hybridized carbons (Fsp3) is 0.167. The summed E-state index contributed by atoms with van der Waals surface area (Å²) in [7, 11) is 3.87. The van der Waals surface area contributed by atoms with Crippen LogP contribution in [0.25, 0.3) is 10.2 Å². The smallest absolute Gasteiger partial charge is 0.266 e. The molecule has 0 saturated carbocycles. The fourth-order valence-corrected chi connectivity index (χ4v) is 3.57. The Hall–Kier alpha value is -2.73. The van der Waals surface area contributed by atoms with Crippen molar-refractivity contribution in [2.75, 3.05) is 24.3 Å². The predicted octanol–water partition coefficient (Wildman–Crippen LogP) is 3.92. The van der Waals surface area contributed by atoms with Crippen LogP contribution in [0.5, 0.6) is 0 Å². The third-order valence-corrected chi connectivity index (χ3v) is 4.86. The number of thiophene rings is 1. The largest absolute Gasteiger partial charge is 0.377 e. The summed E-state index contributed by atoms with van der Waals surface area (Å²) in [5, 5.41) is 11.5. The molecular weight excluding hydrogens is 320 g/mol. The number of anilines is 2. The molecule has 0 bridgehead atoms. The van der Waals surface area contributed by atoms with Crippen LogP contribution in [0.3, 0.4) is 0 Å². The van der Waals surface area contributed by atoms with E-state index in [2.05, 4.69) is 10.3 Å². The number of nitrogens with one attached hydrogen (secondary N) is 2. The zero-order valence-electron chi connectivity index (χ0n) is 13.8. The zero-order chi connectivity index (χ0) is 17.3. The Kier molecular flexibility index (Phi) is 4.31. The van der Waals surface area contributed by atoms with Crippen molar-refractivity contribution in [2.45, 2.75) is 6.92 Å². The van der Waals surface area contributed by atoms with Gasteiger partial charge in [-0.3, -0.25) is 4.79 Å². The maximum absolute atomic E-state index is 12.7. The molecule has 0 fully saturated rings. The number of aryl methyl sites for hydroxylation is 1. The molecule has 1 amide bonds. The highest BCUT2D eigenvalue weighted by Crippen LogP contribution is 2.35. The molecule has 2 heterocycles. The normalized spacial score (nSPS) is 10.6. The molecule has 0 aliphatic heterocycles. The highest BCUT2D eigenvalue weighted by atomic mass is 32.1. The number of carbonyl (C=O) groups excluding carboxylic acids is 1. The summed E-state index contributed by atoms with van der Waals surface area (Å²) in [6, 6.07) is 9.53. The van der Waals surface area contributed by atoms with Gasteiger partial charge in [-0.15, -0.1) is 11.3 Å². The summed E-state index contributed by atoms with van der Waals surface area (Å²) in [5.74, 6) is -0.218. The number of carbonyl (C=O) groups is 1. The number of aromatic nitrogens is 1. The predicted molar refractivity (Wildman–Crippen MR) is 101 cm³/mol. The first-order chi connectivity index (χ1) is 11.5. The van der Waals surface area contributed by atoms with E-state index in [1.807, 2.05) is 56.3 Å². The SMILES string of the molecule is Cc1ccc(NC(=O)c2sc3nccc(N(C)C)c3c2C=N)cc1. The topological polar surface area (TPSA) is 69.1 Å². The molecule has 1 aromatic carbocycles. The van der Waals surface area contributed by atoms with Crippen LogP contribution in [0.1, 0.15) is 20.8 Å². The van der Waals surface area contributed by atoms with Crippen molar-refractivity contribution in [1.29, 1.82) is 5.41 Å². The van der Waals surface area contributed by atoms with E-state index in [9.17, 15) is 4.79 Å². The van der Waals surface area contributed by atoms with Crippen LogP contribution >= 0.6 is 11.3 Å². The third-order valence-electron chi connectivity index (χ3n) is 3.75. The molecule has 122 valence electrons. The number of benzene rings is 1. The van der Waals surface area contributed by atoms with Gasteiger partial charge < -0.3 is 15.6 Å². The van der Waals surface area contributed by atoms with E-state index in [1.54, 1.807) is 6.20 Å². The van der Waals surface area contributed by atoms with Gasteiger partial charge in [-0.2, -0.15) is 0 Å². The van der Waals surface area contributed by atoms with E-state index in [1.165, 1.54) is 17.6 Å². The third kappa shape index (κ3) is 2.88. The minimum atomic E-state index is -0.218. The van der Waals surface area contributed by atoms with Gasteiger partial charge in [0.1, 0.15) is 9.71 Å². The van der Waals surface area contributed by atoms with Crippen LogP contribution in [-0.2, 0) is 0 Å². The number of amides is 1. The molecule has 2 aromatic heterocycles. The monoisotopic (exact) mass is 338 g/mol. The first kappa shape index (κ1) is 16.1. The van der Waals surface area contributed by atoms with E-state index >= 15 is 0 Å². The Bertz CT molecular complexity index is 913. The molecule has 24 heavy (non-hydrogen) atoms. The van der Waals surface area contributed by atoms with E-state index in [0.717, 1.165) is 27.2 Å². The Morgan fingerprint density at radius 2 is 1.96 bits per heavy atom. The van der Waals surface area contributed by atoms with Crippen LogP contribution in [0.2, 0.25) is 0 Å². The molecule has 0 spiro atoms. The average molecular weight is 338 g/mol. The Morgan fingerprint density at radius 3 is 2.58 bits per heavy atom.